The van der Waals surface area contributed by atoms with Gasteiger partial charge in [-0.25, -0.2) is 0 Å². The van der Waals surface area contributed by atoms with E-state index in [9.17, 15) is 28.8 Å². The summed E-state index contributed by atoms with van der Waals surface area (Å²) < 4.78 is 0. The SMILES string of the molecule is CC1(C)C(=O)C(=O)CC(=CC=C2CC(=O)C(=O)C(C)(C)C2=O)C1=O. The molecule has 0 N–H and O–H groups in total. The molecule has 0 aromatic rings. The van der Waals surface area contributed by atoms with E-state index in [4.69, 9.17) is 0 Å². The largest absolute Gasteiger partial charge is 0.293 e. The third kappa shape index (κ3) is 2.62. The van der Waals surface area contributed by atoms with Crippen LogP contribution >= 0.6 is 0 Å². The normalized spacial score (nSPS) is 27.3. The molecule has 2 aliphatic carbocycles. The third-order valence-electron chi connectivity index (χ3n) is 4.55. The molecule has 6 nitrogen and oxygen atoms in total. The van der Waals surface area contributed by atoms with Crippen molar-refractivity contribution in [3.8, 4) is 0 Å². The quantitative estimate of drug-likeness (QED) is 0.405. The molecule has 0 atom stereocenters. The van der Waals surface area contributed by atoms with E-state index >= 15 is 0 Å². The first-order valence-electron chi connectivity index (χ1n) is 7.55. The standard InChI is InChI=1S/C18H18O6/c1-17(2)13(21)9(7-11(19)15(17)23)5-6-10-8-12(20)16(24)18(3,4)14(10)22/h5-6H,7-8H2,1-4H3. The zero-order chi connectivity index (χ0) is 18.4. The molecule has 0 aliphatic heterocycles. The number of Topliss-reactive ketones (excluding diaryl/α,β-unsaturated/α-hetero) is 6. The summed E-state index contributed by atoms with van der Waals surface area (Å²) in [4.78, 5) is 71.7. The molecule has 0 aromatic carbocycles. The molecule has 0 spiro atoms. The van der Waals surface area contributed by atoms with Crippen LogP contribution in [0.15, 0.2) is 23.3 Å². The molecular weight excluding hydrogens is 312 g/mol. The number of hydrogen-bond acceptors (Lipinski definition) is 6. The van der Waals surface area contributed by atoms with Gasteiger partial charge in [-0.2, -0.15) is 0 Å². The predicted molar refractivity (Wildman–Crippen MR) is 83.0 cm³/mol. The lowest BCUT2D eigenvalue weighted by Crippen LogP contribution is -2.44. The van der Waals surface area contributed by atoms with E-state index in [0.717, 1.165) is 0 Å². The van der Waals surface area contributed by atoms with Crippen LogP contribution in [0, 0.1) is 10.8 Å². The van der Waals surface area contributed by atoms with Gasteiger partial charge >= 0.3 is 0 Å². The maximum Gasteiger partial charge on any atom is 0.212 e. The molecule has 0 aromatic heterocycles. The van der Waals surface area contributed by atoms with Crippen molar-refractivity contribution in [2.75, 3.05) is 0 Å². The highest BCUT2D eigenvalue weighted by Gasteiger charge is 2.47. The molecule has 2 saturated carbocycles. The smallest absolute Gasteiger partial charge is 0.212 e. The Hall–Kier alpha value is -2.50. The molecule has 24 heavy (non-hydrogen) atoms. The molecule has 126 valence electrons. The first-order valence-corrected chi connectivity index (χ1v) is 7.55. The molecule has 0 unspecified atom stereocenters. The highest BCUT2D eigenvalue weighted by molar-refractivity contribution is 6.48. The second-order valence-electron chi connectivity index (χ2n) is 7.15. The van der Waals surface area contributed by atoms with Crippen molar-refractivity contribution in [1.82, 2.24) is 0 Å². The lowest BCUT2D eigenvalue weighted by molar-refractivity contribution is -0.148. The van der Waals surface area contributed by atoms with Crippen LogP contribution < -0.4 is 0 Å². The molecule has 0 bridgehead atoms. The van der Waals surface area contributed by atoms with Crippen LogP contribution in [0.1, 0.15) is 40.5 Å². The highest BCUT2D eigenvalue weighted by atomic mass is 16.2. The average molecular weight is 330 g/mol. The maximum atomic E-state index is 12.3. The Morgan fingerprint density at radius 1 is 0.583 bits per heavy atom. The van der Waals surface area contributed by atoms with Gasteiger partial charge in [0, 0.05) is 24.0 Å². The van der Waals surface area contributed by atoms with Crippen molar-refractivity contribution in [1.29, 1.82) is 0 Å². The molecular formula is C18H18O6. The van der Waals surface area contributed by atoms with E-state index in [2.05, 4.69) is 0 Å². The fourth-order valence-corrected chi connectivity index (χ4v) is 2.84. The first kappa shape index (κ1) is 17.8. The summed E-state index contributed by atoms with van der Waals surface area (Å²) in [5.41, 5.74) is -2.62. The lowest BCUT2D eigenvalue weighted by Gasteiger charge is -2.27. The van der Waals surface area contributed by atoms with Crippen LogP contribution in [0.25, 0.3) is 0 Å². The molecule has 0 radical (unpaired) electrons. The van der Waals surface area contributed by atoms with Gasteiger partial charge in [0.2, 0.25) is 23.1 Å². The molecule has 2 aliphatic rings. The van der Waals surface area contributed by atoms with Crippen LogP contribution in [0.2, 0.25) is 0 Å². The van der Waals surface area contributed by atoms with Gasteiger partial charge in [-0.15, -0.1) is 0 Å². The minimum Gasteiger partial charge on any atom is -0.293 e. The van der Waals surface area contributed by atoms with Crippen LogP contribution in [0.5, 0.6) is 0 Å². The Bertz CT molecular complexity index is 707. The van der Waals surface area contributed by atoms with Crippen LogP contribution in [0.4, 0.5) is 0 Å². The van der Waals surface area contributed by atoms with Crippen molar-refractivity contribution >= 4 is 34.7 Å². The van der Waals surface area contributed by atoms with Gasteiger partial charge in [-0.3, -0.25) is 28.8 Å². The Morgan fingerprint density at radius 3 is 1.17 bits per heavy atom. The number of rotatable bonds is 1. The summed E-state index contributed by atoms with van der Waals surface area (Å²) in [5, 5.41) is 0. The minimum absolute atomic E-state index is 0.118. The van der Waals surface area contributed by atoms with Gasteiger partial charge in [0.15, 0.2) is 11.6 Å². The number of carbonyl (C=O) groups excluding carboxylic acids is 6. The van der Waals surface area contributed by atoms with E-state index in [0.29, 0.717) is 0 Å². The molecule has 0 heterocycles. The maximum absolute atomic E-state index is 12.3. The van der Waals surface area contributed by atoms with Crippen LogP contribution in [-0.4, -0.2) is 34.7 Å². The van der Waals surface area contributed by atoms with Crippen molar-refractivity contribution in [3.63, 3.8) is 0 Å². The number of ketones is 6. The van der Waals surface area contributed by atoms with E-state index in [1.54, 1.807) is 0 Å². The summed E-state index contributed by atoms with van der Waals surface area (Å²) >= 11 is 0. The summed E-state index contributed by atoms with van der Waals surface area (Å²) in [6.07, 6.45) is 1.96. The van der Waals surface area contributed by atoms with Gasteiger partial charge in [0.25, 0.3) is 0 Å². The van der Waals surface area contributed by atoms with Gasteiger partial charge in [0.1, 0.15) is 0 Å². The molecule has 6 heteroatoms. The summed E-state index contributed by atoms with van der Waals surface area (Å²) in [6, 6.07) is 0. The van der Waals surface area contributed by atoms with Crippen molar-refractivity contribution in [3.05, 3.63) is 23.3 Å². The van der Waals surface area contributed by atoms with Crippen molar-refractivity contribution < 1.29 is 28.8 Å². The van der Waals surface area contributed by atoms with E-state index in [-0.39, 0.29) is 24.0 Å². The highest BCUT2D eigenvalue weighted by Crippen LogP contribution is 2.33. The Balaban J connectivity index is 2.40. The van der Waals surface area contributed by atoms with Gasteiger partial charge in [-0.1, -0.05) is 12.2 Å². The number of carbonyl (C=O) groups is 6. The topological polar surface area (TPSA) is 102 Å². The van der Waals surface area contributed by atoms with Crippen LogP contribution in [-0.2, 0) is 28.8 Å². The summed E-state index contributed by atoms with van der Waals surface area (Å²) in [5.74, 6) is -3.74. The lowest BCUT2D eigenvalue weighted by atomic mass is 9.71. The monoisotopic (exact) mass is 330 g/mol. The molecule has 0 amide bonds. The van der Waals surface area contributed by atoms with Gasteiger partial charge in [-0.05, 0) is 27.7 Å². The second-order valence-corrected chi connectivity index (χ2v) is 7.15. The number of hydrogen-bond donors (Lipinski definition) is 0. The van der Waals surface area contributed by atoms with Gasteiger partial charge < -0.3 is 0 Å². The first-order chi connectivity index (χ1) is 10.9. The van der Waals surface area contributed by atoms with Crippen molar-refractivity contribution in [2.24, 2.45) is 10.8 Å². The Kier molecular flexibility index (Phi) is 4.12. The molecule has 0 saturated heterocycles. The Labute approximate surface area is 139 Å². The fraction of sp³-hybridized carbons (Fsp3) is 0.444. The number of allylic oxidation sites excluding steroid dienone is 4. The Morgan fingerprint density at radius 2 is 0.875 bits per heavy atom. The summed E-state index contributed by atoms with van der Waals surface area (Å²) in [7, 11) is 0. The van der Waals surface area contributed by atoms with Gasteiger partial charge in [0.05, 0.1) is 10.8 Å². The van der Waals surface area contributed by atoms with E-state index in [1.807, 2.05) is 0 Å². The van der Waals surface area contributed by atoms with E-state index in [1.165, 1.54) is 39.8 Å². The van der Waals surface area contributed by atoms with Crippen molar-refractivity contribution in [2.45, 2.75) is 40.5 Å². The zero-order valence-electron chi connectivity index (χ0n) is 14.0. The average Bonchev–Trinajstić information content (AvgIpc) is 2.51. The molecule has 2 rings (SSSR count). The fourth-order valence-electron chi connectivity index (χ4n) is 2.84. The third-order valence-corrected chi connectivity index (χ3v) is 4.55. The molecule has 2 fully saturated rings. The van der Waals surface area contributed by atoms with E-state index < -0.39 is 45.5 Å². The van der Waals surface area contributed by atoms with Crippen LogP contribution in [0.3, 0.4) is 0 Å². The zero-order valence-corrected chi connectivity index (χ0v) is 14.0. The second kappa shape index (κ2) is 5.54. The predicted octanol–water partition coefficient (Wildman–Crippen LogP) is 1.11. The minimum atomic E-state index is -1.43. The summed E-state index contributed by atoms with van der Waals surface area (Å²) in [6.45, 7) is 5.53.